The average molecular weight is 328 g/mol. The van der Waals surface area contributed by atoms with Gasteiger partial charge in [-0.2, -0.15) is 5.10 Å². The van der Waals surface area contributed by atoms with E-state index in [-0.39, 0.29) is 17.2 Å². The van der Waals surface area contributed by atoms with E-state index >= 15 is 0 Å². The fourth-order valence-corrected chi connectivity index (χ4v) is 2.66. The molecule has 0 aliphatic heterocycles. The highest BCUT2D eigenvalue weighted by atomic mass is 32.2. The van der Waals surface area contributed by atoms with Crippen LogP contribution in [0.1, 0.15) is 21.7 Å². The summed E-state index contributed by atoms with van der Waals surface area (Å²) < 4.78 is 1.43. The Bertz CT molecular complexity index is 912. The molecule has 0 aliphatic carbocycles. The Morgan fingerprint density at radius 3 is 2.78 bits per heavy atom. The number of nitrogens with one attached hydrogen (secondary N) is 2. The van der Waals surface area contributed by atoms with Crippen LogP contribution in [0, 0.1) is 6.92 Å². The van der Waals surface area contributed by atoms with Crippen molar-refractivity contribution in [3.8, 4) is 0 Å². The van der Waals surface area contributed by atoms with E-state index in [1.54, 1.807) is 24.9 Å². The fraction of sp³-hybridized carbons (Fsp3) is 0.188. The number of aromatic amines is 1. The van der Waals surface area contributed by atoms with Gasteiger partial charge in [0.1, 0.15) is 5.52 Å². The van der Waals surface area contributed by atoms with Crippen molar-refractivity contribution >= 4 is 23.2 Å². The minimum absolute atomic E-state index is 0.224. The van der Waals surface area contributed by atoms with Crippen LogP contribution in [0.4, 0.5) is 0 Å². The van der Waals surface area contributed by atoms with Crippen LogP contribution in [0.2, 0.25) is 0 Å². The molecule has 0 atom stereocenters. The molecule has 2 heterocycles. The summed E-state index contributed by atoms with van der Waals surface area (Å²) in [6.07, 6.45) is 3.69. The van der Waals surface area contributed by atoms with Crippen molar-refractivity contribution in [2.24, 2.45) is 0 Å². The number of H-pyrrole nitrogens is 1. The van der Waals surface area contributed by atoms with E-state index in [1.165, 1.54) is 15.5 Å². The summed E-state index contributed by atoms with van der Waals surface area (Å²) in [6, 6.07) is 9.47. The van der Waals surface area contributed by atoms with Gasteiger partial charge in [-0.3, -0.25) is 9.59 Å². The van der Waals surface area contributed by atoms with E-state index in [2.05, 4.69) is 15.4 Å². The van der Waals surface area contributed by atoms with Crippen molar-refractivity contribution in [1.82, 2.24) is 19.9 Å². The van der Waals surface area contributed by atoms with Crippen molar-refractivity contribution in [2.75, 3.05) is 6.26 Å². The molecule has 0 radical (unpaired) electrons. The monoisotopic (exact) mass is 328 g/mol. The maximum atomic E-state index is 12.2. The Hall–Kier alpha value is -2.54. The summed E-state index contributed by atoms with van der Waals surface area (Å²) in [5.74, 6) is -0.306. The fourth-order valence-electron chi connectivity index (χ4n) is 2.25. The van der Waals surface area contributed by atoms with Crippen LogP contribution in [0.3, 0.4) is 0 Å². The first-order valence-corrected chi connectivity index (χ1v) is 8.30. The van der Waals surface area contributed by atoms with Gasteiger partial charge in [0.15, 0.2) is 5.69 Å². The molecule has 3 rings (SSSR count). The van der Waals surface area contributed by atoms with Gasteiger partial charge in [-0.1, -0.05) is 12.1 Å². The van der Waals surface area contributed by atoms with Crippen LogP contribution >= 0.6 is 11.8 Å². The van der Waals surface area contributed by atoms with Crippen LogP contribution in [-0.4, -0.2) is 26.8 Å². The van der Waals surface area contributed by atoms with Gasteiger partial charge in [-0.25, -0.2) is 4.52 Å². The molecular weight excluding hydrogens is 312 g/mol. The molecule has 0 spiro atoms. The predicted molar refractivity (Wildman–Crippen MR) is 89.9 cm³/mol. The van der Waals surface area contributed by atoms with Crippen LogP contribution in [0.5, 0.6) is 0 Å². The van der Waals surface area contributed by atoms with E-state index in [1.807, 2.05) is 30.5 Å². The molecule has 23 heavy (non-hydrogen) atoms. The molecule has 1 amide bonds. The van der Waals surface area contributed by atoms with E-state index < -0.39 is 0 Å². The lowest BCUT2D eigenvalue weighted by molar-refractivity contribution is 0.0945. The molecule has 1 aromatic carbocycles. The first-order chi connectivity index (χ1) is 11.1. The van der Waals surface area contributed by atoms with Crippen LogP contribution in [-0.2, 0) is 6.54 Å². The zero-order valence-corrected chi connectivity index (χ0v) is 13.6. The lowest BCUT2D eigenvalue weighted by Crippen LogP contribution is -2.23. The number of hydrogen-bond donors (Lipinski definition) is 2. The molecule has 0 unspecified atom stereocenters. The Morgan fingerprint density at radius 1 is 1.35 bits per heavy atom. The second-order valence-electron chi connectivity index (χ2n) is 5.16. The number of benzene rings is 1. The topological polar surface area (TPSA) is 79.3 Å². The number of amides is 1. The lowest BCUT2D eigenvalue weighted by Gasteiger charge is -2.04. The normalized spacial score (nSPS) is 10.9. The second kappa shape index (κ2) is 6.29. The van der Waals surface area contributed by atoms with Gasteiger partial charge in [0.05, 0.1) is 0 Å². The Kier molecular flexibility index (Phi) is 4.20. The quantitative estimate of drug-likeness (QED) is 0.718. The van der Waals surface area contributed by atoms with Crippen molar-refractivity contribution in [3.05, 3.63) is 63.8 Å². The second-order valence-corrected chi connectivity index (χ2v) is 6.04. The first-order valence-electron chi connectivity index (χ1n) is 7.07. The number of rotatable bonds is 4. The smallest absolute Gasteiger partial charge is 0.274 e. The van der Waals surface area contributed by atoms with Gasteiger partial charge >= 0.3 is 0 Å². The predicted octanol–water partition coefficient (Wildman–Crippen LogP) is 1.98. The van der Waals surface area contributed by atoms with Crippen LogP contribution in [0.25, 0.3) is 5.52 Å². The molecule has 6 nitrogen and oxygen atoms in total. The molecule has 7 heteroatoms. The number of hydrogen-bond acceptors (Lipinski definition) is 4. The average Bonchev–Trinajstić information content (AvgIpc) is 2.97. The van der Waals surface area contributed by atoms with Gasteiger partial charge in [-0.15, -0.1) is 11.8 Å². The number of carbonyl (C=O) groups is 1. The molecule has 118 valence electrons. The summed E-state index contributed by atoms with van der Waals surface area (Å²) in [5, 5.41) is 6.97. The molecule has 2 N–H and O–H groups in total. The third kappa shape index (κ3) is 3.29. The molecule has 0 saturated carbocycles. The molecule has 0 fully saturated rings. The van der Waals surface area contributed by atoms with Gasteiger partial charge < -0.3 is 10.3 Å². The van der Waals surface area contributed by atoms with Crippen molar-refractivity contribution in [3.63, 3.8) is 0 Å². The lowest BCUT2D eigenvalue weighted by atomic mass is 10.2. The Labute approximate surface area is 136 Å². The zero-order chi connectivity index (χ0) is 16.4. The number of nitrogens with zero attached hydrogens (tertiary/aromatic N) is 2. The summed E-state index contributed by atoms with van der Waals surface area (Å²) in [6.45, 7) is 2.18. The standard InChI is InChI=1S/C16H16N4O2S/c1-10-9-20-14(16(22)18-10)7-13(19-20)15(21)17-8-11-3-5-12(23-2)6-4-11/h3-7,9H,8H2,1-2H3,(H,17,21)(H,18,22). The minimum atomic E-state index is -0.306. The highest BCUT2D eigenvalue weighted by Gasteiger charge is 2.12. The third-order valence-electron chi connectivity index (χ3n) is 3.44. The largest absolute Gasteiger partial charge is 0.347 e. The van der Waals surface area contributed by atoms with E-state index in [0.717, 1.165) is 5.56 Å². The molecule has 0 bridgehead atoms. The summed E-state index contributed by atoms with van der Waals surface area (Å²) in [4.78, 5) is 27.9. The Balaban J connectivity index is 1.75. The highest BCUT2D eigenvalue weighted by Crippen LogP contribution is 2.14. The van der Waals surface area contributed by atoms with E-state index in [4.69, 9.17) is 0 Å². The van der Waals surface area contributed by atoms with E-state index in [0.29, 0.717) is 17.8 Å². The Morgan fingerprint density at radius 2 is 2.09 bits per heavy atom. The summed E-state index contributed by atoms with van der Waals surface area (Å²) in [7, 11) is 0. The SMILES string of the molecule is CSc1ccc(CNC(=O)c2cc3c(=O)[nH]c(C)cn3n2)cc1. The van der Waals surface area contributed by atoms with Crippen molar-refractivity contribution in [2.45, 2.75) is 18.4 Å². The first kappa shape index (κ1) is 15.4. The van der Waals surface area contributed by atoms with Crippen LogP contribution in [0.15, 0.2) is 46.2 Å². The molecule has 3 aromatic rings. The minimum Gasteiger partial charge on any atom is -0.347 e. The summed E-state index contributed by atoms with van der Waals surface area (Å²) in [5.41, 5.74) is 2.01. The number of thioether (sulfide) groups is 1. The molecule has 2 aromatic heterocycles. The maximum absolute atomic E-state index is 12.2. The summed E-state index contributed by atoms with van der Waals surface area (Å²) >= 11 is 1.67. The van der Waals surface area contributed by atoms with Gasteiger partial charge in [-0.05, 0) is 30.9 Å². The highest BCUT2D eigenvalue weighted by molar-refractivity contribution is 7.98. The number of aromatic nitrogens is 3. The van der Waals surface area contributed by atoms with Crippen LogP contribution < -0.4 is 10.9 Å². The van der Waals surface area contributed by atoms with E-state index in [9.17, 15) is 9.59 Å². The van der Waals surface area contributed by atoms with Gasteiger partial charge in [0, 0.05) is 29.4 Å². The van der Waals surface area contributed by atoms with Gasteiger partial charge in [0.25, 0.3) is 11.5 Å². The van der Waals surface area contributed by atoms with Gasteiger partial charge in [0.2, 0.25) is 0 Å². The van der Waals surface area contributed by atoms with Crippen molar-refractivity contribution < 1.29 is 4.79 Å². The molecule has 0 aliphatic rings. The third-order valence-corrected chi connectivity index (χ3v) is 4.18. The number of aryl methyl sites for hydroxylation is 1. The maximum Gasteiger partial charge on any atom is 0.274 e. The molecular formula is C16H16N4O2S. The molecule has 0 saturated heterocycles. The number of fused-ring (bicyclic) bond motifs is 1. The zero-order valence-electron chi connectivity index (χ0n) is 12.8. The number of carbonyl (C=O) groups excluding carboxylic acids is 1. The van der Waals surface area contributed by atoms with Crippen molar-refractivity contribution in [1.29, 1.82) is 0 Å².